The Morgan fingerprint density at radius 2 is 1.97 bits per heavy atom. The molecule has 0 saturated heterocycles. The number of nitro benzene ring substituents is 1. The van der Waals surface area contributed by atoms with Crippen LogP contribution in [0.4, 0.5) is 11.4 Å². The first-order valence-electron chi connectivity index (χ1n) is 7.97. The number of hydrogen-bond donors (Lipinski definition) is 1. The first kappa shape index (κ1) is 20.8. The number of esters is 1. The first-order chi connectivity index (χ1) is 13.8. The van der Waals surface area contributed by atoms with Gasteiger partial charge in [-0.3, -0.25) is 14.9 Å². The standard InChI is InChI=1S/C18H12Cl2N2O6S/c1-27-10-3-4-11-14(7-10)29-17(16(11)20)18(24)28-8-15(23)21-9-2-5-12(19)13(6-9)22(25)26/h2-7H,8H2,1H3,(H,21,23). The van der Waals surface area contributed by atoms with Crippen LogP contribution >= 0.6 is 34.5 Å². The number of carbonyl (C=O) groups excluding carboxylic acids is 2. The number of ether oxygens (including phenoxy) is 2. The molecule has 8 nitrogen and oxygen atoms in total. The average molecular weight is 455 g/mol. The van der Waals surface area contributed by atoms with E-state index in [-0.39, 0.29) is 26.3 Å². The number of carbonyl (C=O) groups is 2. The van der Waals surface area contributed by atoms with Crippen molar-refractivity contribution in [1.29, 1.82) is 0 Å². The highest BCUT2D eigenvalue weighted by Crippen LogP contribution is 2.37. The second-order valence-electron chi connectivity index (χ2n) is 5.65. The van der Waals surface area contributed by atoms with Crippen LogP contribution in [0.25, 0.3) is 10.1 Å². The van der Waals surface area contributed by atoms with Crippen molar-refractivity contribution in [3.8, 4) is 5.75 Å². The number of thiophene rings is 1. The summed E-state index contributed by atoms with van der Waals surface area (Å²) in [6.07, 6.45) is 0. The van der Waals surface area contributed by atoms with E-state index >= 15 is 0 Å². The van der Waals surface area contributed by atoms with Crippen molar-refractivity contribution in [3.63, 3.8) is 0 Å². The largest absolute Gasteiger partial charge is 0.497 e. The average Bonchev–Trinajstić information content (AvgIpc) is 3.03. The molecule has 1 heterocycles. The molecule has 29 heavy (non-hydrogen) atoms. The summed E-state index contributed by atoms with van der Waals surface area (Å²) in [6, 6.07) is 8.97. The van der Waals surface area contributed by atoms with Crippen LogP contribution in [-0.4, -0.2) is 30.5 Å². The summed E-state index contributed by atoms with van der Waals surface area (Å²) < 4.78 is 10.9. The lowest BCUT2D eigenvalue weighted by Crippen LogP contribution is -2.20. The number of nitrogens with zero attached hydrogens (tertiary/aromatic N) is 1. The molecular formula is C18H12Cl2N2O6S. The molecule has 1 amide bonds. The van der Waals surface area contributed by atoms with Gasteiger partial charge in [0.15, 0.2) is 6.61 Å². The second-order valence-corrected chi connectivity index (χ2v) is 7.49. The quantitative estimate of drug-likeness (QED) is 0.321. The summed E-state index contributed by atoms with van der Waals surface area (Å²) in [7, 11) is 1.53. The normalized spacial score (nSPS) is 10.6. The second kappa shape index (κ2) is 8.64. The lowest BCUT2D eigenvalue weighted by atomic mass is 10.2. The summed E-state index contributed by atoms with van der Waals surface area (Å²) in [4.78, 5) is 34.7. The third-order valence-electron chi connectivity index (χ3n) is 3.78. The number of nitrogens with one attached hydrogen (secondary N) is 1. The lowest BCUT2D eigenvalue weighted by molar-refractivity contribution is -0.384. The molecule has 0 bridgehead atoms. The van der Waals surface area contributed by atoms with E-state index in [1.807, 2.05) is 0 Å². The predicted molar refractivity (Wildman–Crippen MR) is 110 cm³/mol. The number of fused-ring (bicyclic) bond motifs is 1. The number of hydrogen-bond acceptors (Lipinski definition) is 7. The zero-order valence-electron chi connectivity index (χ0n) is 14.7. The fourth-order valence-electron chi connectivity index (χ4n) is 2.43. The maximum Gasteiger partial charge on any atom is 0.350 e. The minimum Gasteiger partial charge on any atom is -0.497 e. The van der Waals surface area contributed by atoms with Crippen LogP contribution in [0.5, 0.6) is 5.75 Å². The molecule has 0 aliphatic heterocycles. The summed E-state index contributed by atoms with van der Waals surface area (Å²) in [5.41, 5.74) is -0.205. The fourth-order valence-corrected chi connectivity index (χ4v) is 4.04. The van der Waals surface area contributed by atoms with Gasteiger partial charge in [0.2, 0.25) is 0 Å². The summed E-state index contributed by atoms with van der Waals surface area (Å²) in [5.74, 6) is -0.812. The predicted octanol–water partition coefficient (Wildman–Crippen LogP) is 4.92. The highest BCUT2D eigenvalue weighted by Gasteiger charge is 2.20. The monoisotopic (exact) mass is 454 g/mol. The number of methoxy groups -OCH3 is 1. The first-order valence-corrected chi connectivity index (χ1v) is 9.54. The number of nitro groups is 1. The van der Waals surface area contributed by atoms with E-state index in [4.69, 9.17) is 32.7 Å². The minimum absolute atomic E-state index is 0.0598. The van der Waals surface area contributed by atoms with Gasteiger partial charge in [0.25, 0.3) is 11.6 Å². The van der Waals surface area contributed by atoms with Crippen molar-refractivity contribution < 1.29 is 24.0 Å². The Bertz CT molecular complexity index is 1130. The van der Waals surface area contributed by atoms with Crippen LogP contribution in [0.3, 0.4) is 0 Å². The van der Waals surface area contributed by atoms with Crippen molar-refractivity contribution in [2.75, 3.05) is 19.0 Å². The third kappa shape index (κ3) is 4.58. The van der Waals surface area contributed by atoms with Crippen molar-refractivity contribution in [3.05, 3.63) is 61.4 Å². The number of amides is 1. The highest BCUT2D eigenvalue weighted by atomic mass is 35.5. The van der Waals surface area contributed by atoms with E-state index in [0.717, 1.165) is 22.1 Å². The Hall–Kier alpha value is -2.88. The number of benzene rings is 2. The van der Waals surface area contributed by atoms with Gasteiger partial charge in [-0.1, -0.05) is 23.2 Å². The Kier molecular flexibility index (Phi) is 6.21. The highest BCUT2D eigenvalue weighted by molar-refractivity contribution is 7.21. The van der Waals surface area contributed by atoms with Gasteiger partial charge >= 0.3 is 5.97 Å². The van der Waals surface area contributed by atoms with Crippen LogP contribution in [0.15, 0.2) is 36.4 Å². The molecule has 0 saturated carbocycles. The molecular weight excluding hydrogens is 443 g/mol. The molecule has 0 unspecified atom stereocenters. The smallest absolute Gasteiger partial charge is 0.350 e. The zero-order chi connectivity index (χ0) is 21.1. The summed E-state index contributed by atoms with van der Waals surface area (Å²) >= 11 is 13.1. The minimum atomic E-state index is -0.757. The zero-order valence-corrected chi connectivity index (χ0v) is 17.1. The molecule has 3 rings (SSSR count). The van der Waals surface area contributed by atoms with E-state index in [9.17, 15) is 19.7 Å². The number of anilines is 1. The molecule has 1 N–H and O–H groups in total. The van der Waals surface area contributed by atoms with Gasteiger partial charge in [0.05, 0.1) is 17.1 Å². The SMILES string of the molecule is COc1ccc2c(Cl)c(C(=O)OCC(=O)Nc3ccc(Cl)c([N+](=O)[O-])c3)sc2c1. The molecule has 0 fully saturated rings. The summed E-state index contributed by atoms with van der Waals surface area (Å²) in [5, 5.41) is 14.1. The van der Waals surface area contributed by atoms with E-state index in [0.29, 0.717) is 11.1 Å². The molecule has 1 aromatic heterocycles. The van der Waals surface area contributed by atoms with Crippen molar-refractivity contribution in [2.24, 2.45) is 0 Å². The van der Waals surface area contributed by atoms with Crippen LogP contribution in [0, 0.1) is 10.1 Å². The molecule has 11 heteroatoms. The van der Waals surface area contributed by atoms with Crippen LogP contribution < -0.4 is 10.1 Å². The Balaban J connectivity index is 1.67. The van der Waals surface area contributed by atoms with Gasteiger partial charge in [-0.25, -0.2) is 4.79 Å². The van der Waals surface area contributed by atoms with Gasteiger partial charge in [-0.2, -0.15) is 0 Å². The molecule has 0 radical (unpaired) electrons. The van der Waals surface area contributed by atoms with Gasteiger partial charge in [-0.15, -0.1) is 11.3 Å². The molecule has 0 aliphatic carbocycles. The van der Waals surface area contributed by atoms with Crippen LogP contribution in [0.1, 0.15) is 9.67 Å². The van der Waals surface area contributed by atoms with Crippen molar-refractivity contribution >= 4 is 67.9 Å². The molecule has 0 spiro atoms. The molecule has 3 aromatic rings. The van der Waals surface area contributed by atoms with Gasteiger partial charge in [-0.05, 0) is 30.3 Å². The van der Waals surface area contributed by atoms with Gasteiger partial charge < -0.3 is 14.8 Å². The van der Waals surface area contributed by atoms with Crippen LogP contribution in [0.2, 0.25) is 10.0 Å². The topological polar surface area (TPSA) is 108 Å². The Labute approximate surface area is 178 Å². The molecule has 2 aromatic carbocycles. The fraction of sp³-hybridized carbons (Fsp3) is 0.111. The van der Waals surface area contributed by atoms with Gasteiger partial charge in [0, 0.05) is 21.8 Å². The number of halogens is 2. The van der Waals surface area contributed by atoms with E-state index in [1.54, 1.807) is 18.2 Å². The van der Waals surface area contributed by atoms with Crippen molar-refractivity contribution in [1.82, 2.24) is 0 Å². The maximum absolute atomic E-state index is 12.3. The third-order valence-corrected chi connectivity index (χ3v) is 5.74. The Morgan fingerprint density at radius 1 is 1.21 bits per heavy atom. The van der Waals surface area contributed by atoms with E-state index in [2.05, 4.69) is 5.32 Å². The molecule has 0 atom stereocenters. The lowest BCUT2D eigenvalue weighted by Gasteiger charge is -2.06. The molecule has 0 aliphatic rings. The Morgan fingerprint density at radius 3 is 2.66 bits per heavy atom. The van der Waals surface area contributed by atoms with Crippen LogP contribution in [-0.2, 0) is 9.53 Å². The van der Waals surface area contributed by atoms with E-state index in [1.165, 1.54) is 19.2 Å². The summed E-state index contributed by atoms with van der Waals surface area (Å²) in [6.45, 7) is -0.594. The van der Waals surface area contributed by atoms with E-state index < -0.39 is 23.4 Å². The molecule has 150 valence electrons. The number of rotatable bonds is 6. The van der Waals surface area contributed by atoms with Gasteiger partial charge in [0.1, 0.15) is 15.6 Å². The maximum atomic E-state index is 12.3. The van der Waals surface area contributed by atoms with Crippen molar-refractivity contribution in [2.45, 2.75) is 0 Å².